The van der Waals surface area contributed by atoms with Gasteiger partial charge in [-0.3, -0.25) is 4.79 Å². The summed E-state index contributed by atoms with van der Waals surface area (Å²) < 4.78 is 5.33. The third kappa shape index (κ3) is 5.47. The van der Waals surface area contributed by atoms with Gasteiger partial charge in [-0.25, -0.2) is 4.99 Å². The maximum atomic E-state index is 12.7. The van der Waals surface area contributed by atoms with Gasteiger partial charge in [-0.1, -0.05) is 12.8 Å². The van der Waals surface area contributed by atoms with Crippen LogP contribution in [0.5, 0.6) is 0 Å². The third-order valence-electron chi connectivity index (χ3n) is 6.01. The van der Waals surface area contributed by atoms with E-state index in [1.807, 2.05) is 4.90 Å². The predicted octanol–water partition coefficient (Wildman–Crippen LogP) is 2.78. The van der Waals surface area contributed by atoms with Crippen molar-refractivity contribution in [3.63, 3.8) is 0 Å². The van der Waals surface area contributed by atoms with Crippen LogP contribution in [0.4, 0.5) is 0 Å². The van der Waals surface area contributed by atoms with Crippen LogP contribution in [0, 0.1) is 5.41 Å². The summed E-state index contributed by atoms with van der Waals surface area (Å²) in [7, 11) is 1.77. The Morgan fingerprint density at radius 1 is 1.36 bits per heavy atom. The molecular formula is C21H34N4O2S. The fourth-order valence-electron chi connectivity index (χ4n) is 4.28. The molecule has 0 bridgehead atoms. The first-order valence-electron chi connectivity index (χ1n) is 10.5. The molecule has 0 atom stereocenters. The lowest BCUT2D eigenvalue weighted by molar-refractivity contribution is -0.130. The number of hydrogen-bond donors (Lipinski definition) is 2. The number of hydrogen-bond acceptors (Lipinski definition) is 4. The molecule has 1 aromatic heterocycles. The van der Waals surface area contributed by atoms with Crippen LogP contribution in [0.15, 0.2) is 16.4 Å². The lowest BCUT2D eigenvalue weighted by Gasteiger charge is -2.30. The van der Waals surface area contributed by atoms with Crippen molar-refractivity contribution >= 4 is 23.2 Å². The lowest BCUT2D eigenvalue weighted by atomic mass is 9.83. The molecule has 0 spiro atoms. The number of carbonyl (C=O) groups is 1. The maximum Gasteiger partial charge on any atom is 0.244 e. The molecule has 156 valence electrons. The molecule has 1 aliphatic carbocycles. The van der Waals surface area contributed by atoms with Crippen LogP contribution in [0.25, 0.3) is 0 Å². The average molecular weight is 407 g/mol. The second-order valence-corrected chi connectivity index (χ2v) is 8.93. The van der Waals surface area contributed by atoms with Gasteiger partial charge >= 0.3 is 0 Å². The SMILES string of the molecule is CCNC(=NCC(=O)N1CCc2sccc2C1)NCC1(CCOC)CCCC1. The molecule has 1 amide bonds. The van der Waals surface area contributed by atoms with Gasteiger partial charge in [-0.2, -0.15) is 0 Å². The fourth-order valence-corrected chi connectivity index (χ4v) is 5.17. The average Bonchev–Trinajstić information content (AvgIpc) is 3.37. The van der Waals surface area contributed by atoms with E-state index in [0.29, 0.717) is 5.41 Å². The van der Waals surface area contributed by atoms with E-state index in [2.05, 4.69) is 34.0 Å². The molecule has 0 unspecified atom stereocenters. The second kappa shape index (κ2) is 10.3. The molecule has 2 aliphatic rings. The monoisotopic (exact) mass is 406 g/mol. The molecule has 3 rings (SSSR count). The van der Waals surface area contributed by atoms with Crippen molar-refractivity contribution in [2.45, 2.75) is 52.0 Å². The van der Waals surface area contributed by atoms with Gasteiger partial charge in [0, 0.05) is 44.8 Å². The number of nitrogens with zero attached hydrogens (tertiary/aromatic N) is 2. The van der Waals surface area contributed by atoms with Crippen LogP contribution in [0.2, 0.25) is 0 Å². The highest BCUT2D eigenvalue weighted by molar-refractivity contribution is 7.10. The minimum Gasteiger partial charge on any atom is -0.385 e. The standard InChI is InChI=1S/C21H34N4O2S/c1-3-22-20(24-16-21(10-12-27-2)8-4-5-9-21)23-14-19(26)25-11-6-18-17(15-25)7-13-28-18/h7,13H,3-6,8-12,14-16H2,1-2H3,(H2,22,23,24). The minimum absolute atomic E-state index is 0.101. The first-order valence-corrected chi connectivity index (χ1v) is 11.4. The highest BCUT2D eigenvalue weighted by Crippen LogP contribution is 2.40. The molecule has 2 N–H and O–H groups in total. The highest BCUT2D eigenvalue weighted by Gasteiger charge is 2.33. The van der Waals surface area contributed by atoms with E-state index in [1.165, 1.54) is 36.1 Å². The molecule has 0 radical (unpaired) electrons. The second-order valence-electron chi connectivity index (χ2n) is 7.93. The Morgan fingerprint density at radius 3 is 2.93 bits per heavy atom. The zero-order chi connectivity index (χ0) is 19.8. The largest absolute Gasteiger partial charge is 0.385 e. The summed E-state index contributed by atoms with van der Waals surface area (Å²) in [5.41, 5.74) is 1.58. The predicted molar refractivity (Wildman–Crippen MR) is 115 cm³/mol. The number of nitrogens with one attached hydrogen (secondary N) is 2. The van der Waals surface area contributed by atoms with Crippen molar-refractivity contribution < 1.29 is 9.53 Å². The van der Waals surface area contributed by atoms with Crippen molar-refractivity contribution in [1.82, 2.24) is 15.5 Å². The summed E-state index contributed by atoms with van der Waals surface area (Å²) >= 11 is 1.79. The van der Waals surface area contributed by atoms with E-state index in [9.17, 15) is 4.79 Å². The number of amides is 1. The normalized spacial score (nSPS) is 18.8. The van der Waals surface area contributed by atoms with E-state index in [0.717, 1.165) is 51.6 Å². The van der Waals surface area contributed by atoms with Crippen LogP contribution in [0.1, 0.15) is 49.5 Å². The molecule has 0 aromatic carbocycles. The number of carbonyl (C=O) groups excluding carboxylic acids is 1. The van der Waals surface area contributed by atoms with Crippen molar-refractivity contribution in [3.05, 3.63) is 21.9 Å². The summed E-state index contributed by atoms with van der Waals surface area (Å²) in [4.78, 5) is 20.6. The molecule has 7 heteroatoms. The molecule has 2 heterocycles. The van der Waals surface area contributed by atoms with Crippen molar-refractivity contribution in [3.8, 4) is 0 Å². The van der Waals surface area contributed by atoms with Crippen LogP contribution >= 0.6 is 11.3 Å². The van der Waals surface area contributed by atoms with Crippen LogP contribution in [-0.2, 0) is 22.5 Å². The Balaban J connectivity index is 1.54. The van der Waals surface area contributed by atoms with E-state index >= 15 is 0 Å². The van der Waals surface area contributed by atoms with Crippen molar-refractivity contribution in [2.24, 2.45) is 10.4 Å². The quantitative estimate of drug-likeness (QED) is 0.515. The van der Waals surface area contributed by atoms with Crippen molar-refractivity contribution in [2.75, 3.05) is 39.9 Å². The van der Waals surface area contributed by atoms with Crippen LogP contribution < -0.4 is 10.6 Å². The zero-order valence-corrected chi connectivity index (χ0v) is 18.1. The van der Waals surface area contributed by atoms with E-state index in [1.54, 1.807) is 18.4 Å². The van der Waals surface area contributed by atoms with E-state index in [4.69, 9.17) is 4.74 Å². The molecule has 1 fully saturated rings. The number of guanidine groups is 1. The Morgan fingerprint density at radius 2 is 2.18 bits per heavy atom. The molecule has 1 saturated carbocycles. The summed E-state index contributed by atoms with van der Waals surface area (Å²) in [6.07, 6.45) is 7.08. The summed E-state index contributed by atoms with van der Waals surface area (Å²) in [5.74, 6) is 0.844. The van der Waals surface area contributed by atoms with E-state index in [-0.39, 0.29) is 12.5 Å². The minimum atomic E-state index is 0.101. The first-order chi connectivity index (χ1) is 13.7. The lowest BCUT2D eigenvalue weighted by Crippen LogP contribution is -2.44. The van der Waals surface area contributed by atoms with Crippen molar-refractivity contribution in [1.29, 1.82) is 0 Å². The maximum absolute atomic E-state index is 12.7. The Kier molecular flexibility index (Phi) is 7.73. The molecule has 6 nitrogen and oxygen atoms in total. The topological polar surface area (TPSA) is 66.0 Å². The number of thiophene rings is 1. The molecule has 1 aromatic rings. The smallest absolute Gasteiger partial charge is 0.244 e. The Labute approximate surface area is 172 Å². The Bertz CT molecular complexity index is 667. The van der Waals surface area contributed by atoms with Gasteiger partial charge < -0.3 is 20.3 Å². The molecule has 28 heavy (non-hydrogen) atoms. The number of rotatable bonds is 8. The third-order valence-corrected chi connectivity index (χ3v) is 7.03. The van der Waals surface area contributed by atoms with Crippen LogP contribution in [-0.4, -0.2) is 56.7 Å². The van der Waals surface area contributed by atoms with Gasteiger partial charge in [0.15, 0.2) is 5.96 Å². The molecule has 1 aliphatic heterocycles. The van der Waals surface area contributed by atoms with Gasteiger partial charge in [0.1, 0.15) is 6.54 Å². The van der Waals surface area contributed by atoms with Gasteiger partial charge in [0.05, 0.1) is 0 Å². The first kappa shape index (κ1) is 21.1. The van der Waals surface area contributed by atoms with Gasteiger partial charge in [-0.15, -0.1) is 11.3 Å². The fraction of sp³-hybridized carbons (Fsp3) is 0.714. The van der Waals surface area contributed by atoms with Gasteiger partial charge in [0.2, 0.25) is 5.91 Å². The summed E-state index contributed by atoms with van der Waals surface area (Å²) in [5, 5.41) is 8.90. The summed E-state index contributed by atoms with van der Waals surface area (Å²) in [6, 6.07) is 2.13. The van der Waals surface area contributed by atoms with Crippen LogP contribution in [0.3, 0.4) is 0 Å². The number of methoxy groups -OCH3 is 1. The van der Waals surface area contributed by atoms with Gasteiger partial charge in [-0.05, 0) is 55.0 Å². The zero-order valence-electron chi connectivity index (χ0n) is 17.3. The molecular weight excluding hydrogens is 372 g/mol. The summed E-state index contributed by atoms with van der Waals surface area (Å²) in [6.45, 7) is 6.24. The number of fused-ring (bicyclic) bond motifs is 1. The Hall–Kier alpha value is -1.60. The van der Waals surface area contributed by atoms with E-state index < -0.39 is 0 Å². The highest BCUT2D eigenvalue weighted by atomic mass is 32.1. The number of ether oxygens (including phenoxy) is 1. The number of aliphatic imine (C=N–C) groups is 1. The molecule has 0 saturated heterocycles. The van der Waals surface area contributed by atoms with Gasteiger partial charge in [0.25, 0.3) is 0 Å².